The molecule has 2 N–H and O–H groups in total. The summed E-state index contributed by atoms with van der Waals surface area (Å²) < 4.78 is 11.0. The summed E-state index contributed by atoms with van der Waals surface area (Å²) in [6, 6.07) is 8.62. The molecule has 0 saturated carbocycles. The normalized spacial score (nSPS) is 16.9. The molecule has 0 aromatic carbocycles. The van der Waals surface area contributed by atoms with Crippen molar-refractivity contribution in [1.29, 1.82) is 0 Å². The zero-order valence-electron chi connectivity index (χ0n) is 17.6. The van der Waals surface area contributed by atoms with Gasteiger partial charge in [0, 0.05) is 43.5 Å². The van der Waals surface area contributed by atoms with Crippen LogP contribution in [0.5, 0.6) is 0 Å². The molecule has 3 heterocycles. The number of furan rings is 1. The standard InChI is InChI=1S/C22H34N4O2S/c1-18(2)15-19(26-9-12-27-13-10-26)16-24-22(25-17-21-6-4-14-29-21)23-8-7-20-5-3-11-28-20/h3-6,11,14,18-19H,7-10,12-13,15-17H2,1-2H3,(H2,23,24,25). The maximum Gasteiger partial charge on any atom is 0.191 e. The van der Waals surface area contributed by atoms with Crippen LogP contribution in [0.4, 0.5) is 0 Å². The van der Waals surface area contributed by atoms with Gasteiger partial charge in [-0.3, -0.25) is 4.90 Å². The van der Waals surface area contributed by atoms with Crippen LogP contribution in [0.1, 0.15) is 30.9 Å². The number of nitrogens with zero attached hydrogens (tertiary/aromatic N) is 2. The Balaban J connectivity index is 1.57. The Bertz CT molecular complexity index is 694. The van der Waals surface area contributed by atoms with Crippen molar-refractivity contribution in [2.45, 2.75) is 39.3 Å². The highest BCUT2D eigenvalue weighted by Gasteiger charge is 2.22. The molecule has 29 heavy (non-hydrogen) atoms. The van der Waals surface area contributed by atoms with Crippen LogP contribution in [0.3, 0.4) is 0 Å². The number of morpholine rings is 1. The third-order valence-corrected chi connectivity index (χ3v) is 5.89. The minimum Gasteiger partial charge on any atom is -0.469 e. The lowest BCUT2D eigenvalue weighted by Gasteiger charge is -2.35. The van der Waals surface area contributed by atoms with Gasteiger partial charge in [0.05, 0.1) is 26.0 Å². The number of thiophene rings is 1. The molecule has 0 amide bonds. The minimum absolute atomic E-state index is 0.484. The Hall–Kier alpha value is -1.83. The number of rotatable bonds is 10. The van der Waals surface area contributed by atoms with Crippen LogP contribution < -0.4 is 10.6 Å². The van der Waals surface area contributed by atoms with Crippen molar-refractivity contribution in [2.24, 2.45) is 10.9 Å². The molecule has 1 unspecified atom stereocenters. The second kappa shape index (κ2) is 12.0. The number of hydrogen-bond acceptors (Lipinski definition) is 5. The topological polar surface area (TPSA) is 62.0 Å². The zero-order valence-corrected chi connectivity index (χ0v) is 18.4. The van der Waals surface area contributed by atoms with E-state index in [-0.39, 0.29) is 0 Å². The van der Waals surface area contributed by atoms with Crippen molar-refractivity contribution in [2.75, 3.05) is 39.4 Å². The number of ether oxygens (including phenoxy) is 1. The van der Waals surface area contributed by atoms with E-state index in [0.717, 1.165) is 64.0 Å². The lowest BCUT2D eigenvalue weighted by Crippen LogP contribution is -2.51. The van der Waals surface area contributed by atoms with Gasteiger partial charge in [-0.05, 0) is 35.9 Å². The van der Waals surface area contributed by atoms with Crippen molar-refractivity contribution in [3.05, 3.63) is 46.5 Å². The fourth-order valence-corrected chi connectivity index (χ4v) is 4.18. The fourth-order valence-electron chi connectivity index (χ4n) is 3.56. The molecule has 2 aromatic rings. The second-order valence-electron chi connectivity index (χ2n) is 7.81. The third kappa shape index (κ3) is 7.84. The van der Waals surface area contributed by atoms with Crippen LogP contribution in [0.2, 0.25) is 0 Å². The summed E-state index contributed by atoms with van der Waals surface area (Å²) in [5.41, 5.74) is 0. The zero-order chi connectivity index (χ0) is 20.3. The summed E-state index contributed by atoms with van der Waals surface area (Å²) >= 11 is 1.74. The molecule has 0 radical (unpaired) electrons. The molecule has 0 bridgehead atoms. The number of nitrogens with one attached hydrogen (secondary N) is 2. The van der Waals surface area contributed by atoms with E-state index >= 15 is 0 Å². The van der Waals surface area contributed by atoms with Gasteiger partial charge in [-0.2, -0.15) is 0 Å². The molecule has 6 nitrogen and oxygen atoms in total. The first kappa shape index (κ1) is 21.9. The predicted molar refractivity (Wildman–Crippen MR) is 120 cm³/mol. The molecule has 1 fully saturated rings. The molecule has 1 saturated heterocycles. The monoisotopic (exact) mass is 418 g/mol. The van der Waals surface area contributed by atoms with E-state index in [2.05, 4.69) is 46.9 Å². The van der Waals surface area contributed by atoms with Gasteiger partial charge in [0.2, 0.25) is 0 Å². The van der Waals surface area contributed by atoms with Gasteiger partial charge < -0.3 is 19.8 Å². The quantitative estimate of drug-likeness (QED) is 0.458. The molecule has 1 aliphatic heterocycles. The maximum absolute atomic E-state index is 5.54. The highest BCUT2D eigenvalue weighted by Crippen LogP contribution is 2.13. The summed E-state index contributed by atoms with van der Waals surface area (Å²) in [4.78, 5) is 8.63. The first-order valence-corrected chi connectivity index (χ1v) is 11.5. The first-order valence-electron chi connectivity index (χ1n) is 10.6. The van der Waals surface area contributed by atoms with E-state index in [4.69, 9.17) is 14.1 Å². The van der Waals surface area contributed by atoms with Gasteiger partial charge in [-0.25, -0.2) is 4.99 Å². The molecule has 0 aliphatic carbocycles. The molecule has 1 atom stereocenters. The van der Waals surface area contributed by atoms with Crippen molar-refractivity contribution in [3.8, 4) is 0 Å². The molecular formula is C22H34N4O2S. The van der Waals surface area contributed by atoms with Crippen LogP contribution in [0, 0.1) is 5.92 Å². The third-order valence-electron chi connectivity index (χ3n) is 5.03. The van der Waals surface area contributed by atoms with Crippen LogP contribution in [0.15, 0.2) is 45.3 Å². The average Bonchev–Trinajstić information content (AvgIpc) is 3.43. The van der Waals surface area contributed by atoms with E-state index in [1.54, 1.807) is 17.6 Å². The molecule has 3 rings (SSSR count). The Morgan fingerprint density at radius 1 is 1.21 bits per heavy atom. The maximum atomic E-state index is 5.54. The van der Waals surface area contributed by atoms with Gasteiger partial charge in [0.25, 0.3) is 0 Å². The Kier molecular flexibility index (Phi) is 9.05. The second-order valence-corrected chi connectivity index (χ2v) is 8.85. The van der Waals surface area contributed by atoms with Crippen molar-refractivity contribution < 1.29 is 9.15 Å². The largest absolute Gasteiger partial charge is 0.469 e. The number of hydrogen-bond donors (Lipinski definition) is 2. The molecule has 2 aromatic heterocycles. The van der Waals surface area contributed by atoms with E-state index in [0.29, 0.717) is 18.5 Å². The predicted octanol–water partition coefficient (Wildman–Crippen LogP) is 3.37. The van der Waals surface area contributed by atoms with Gasteiger partial charge in [-0.1, -0.05) is 19.9 Å². The average molecular weight is 419 g/mol. The smallest absolute Gasteiger partial charge is 0.191 e. The van der Waals surface area contributed by atoms with Gasteiger partial charge in [0.15, 0.2) is 5.96 Å². The van der Waals surface area contributed by atoms with Gasteiger partial charge in [0.1, 0.15) is 5.76 Å². The van der Waals surface area contributed by atoms with Crippen molar-refractivity contribution >= 4 is 17.3 Å². The summed E-state index contributed by atoms with van der Waals surface area (Å²) in [6.45, 7) is 10.6. The highest BCUT2D eigenvalue weighted by molar-refractivity contribution is 7.09. The SMILES string of the molecule is CC(C)CC(CNC(=NCc1cccs1)NCCc1ccco1)N1CCOCC1. The van der Waals surface area contributed by atoms with Crippen molar-refractivity contribution in [1.82, 2.24) is 15.5 Å². The molecule has 1 aliphatic rings. The van der Waals surface area contributed by atoms with Crippen LogP contribution in [-0.2, 0) is 17.7 Å². The Morgan fingerprint density at radius 3 is 2.76 bits per heavy atom. The van der Waals surface area contributed by atoms with Gasteiger partial charge >= 0.3 is 0 Å². The highest BCUT2D eigenvalue weighted by atomic mass is 32.1. The molecule has 160 valence electrons. The van der Waals surface area contributed by atoms with E-state index < -0.39 is 0 Å². The number of guanidine groups is 1. The minimum atomic E-state index is 0.484. The number of aliphatic imine (C=N–C) groups is 1. The lowest BCUT2D eigenvalue weighted by molar-refractivity contribution is 0.0132. The van der Waals surface area contributed by atoms with E-state index in [9.17, 15) is 0 Å². The summed E-state index contributed by atoms with van der Waals surface area (Å²) in [5, 5.41) is 9.16. The summed E-state index contributed by atoms with van der Waals surface area (Å²) in [7, 11) is 0. The molecule has 7 heteroatoms. The van der Waals surface area contributed by atoms with E-state index in [1.165, 1.54) is 4.88 Å². The van der Waals surface area contributed by atoms with Crippen LogP contribution >= 0.6 is 11.3 Å². The first-order chi connectivity index (χ1) is 14.2. The fraction of sp³-hybridized carbons (Fsp3) is 0.591. The summed E-state index contributed by atoms with van der Waals surface area (Å²) in [6.07, 6.45) is 3.72. The van der Waals surface area contributed by atoms with Crippen LogP contribution in [0.25, 0.3) is 0 Å². The van der Waals surface area contributed by atoms with Gasteiger partial charge in [-0.15, -0.1) is 11.3 Å². The van der Waals surface area contributed by atoms with Crippen molar-refractivity contribution in [3.63, 3.8) is 0 Å². The summed E-state index contributed by atoms with van der Waals surface area (Å²) in [5.74, 6) is 2.51. The Labute approximate surface area is 178 Å². The Morgan fingerprint density at radius 2 is 2.07 bits per heavy atom. The lowest BCUT2D eigenvalue weighted by atomic mass is 10.0. The van der Waals surface area contributed by atoms with E-state index in [1.807, 2.05) is 12.1 Å². The molecule has 0 spiro atoms. The molecular weight excluding hydrogens is 384 g/mol. The van der Waals surface area contributed by atoms with Crippen LogP contribution in [-0.4, -0.2) is 56.3 Å².